The molecule has 30 heteroatoms. The number of benzene rings is 6. The number of aliphatic hydroxyl groups excluding tert-OH is 3. The third-order valence-electron chi connectivity index (χ3n) is 23.0. The topological polar surface area (TPSA) is 342 Å². The largest absolute Gasteiger partial charge is 0.497 e. The minimum absolute atomic E-state index is 0.145. The zero-order valence-corrected chi connectivity index (χ0v) is 70.1. The van der Waals surface area contributed by atoms with Gasteiger partial charge in [-0.2, -0.15) is 0 Å². The monoisotopic (exact) mass is 1690 g/mol. The van der Waals surface area contributed by atoms with Crippen molar-refractivity contribution in [3.05, 3.63) is 229 Å². The summed E-state index contributed by atoms with van der Waals surface area (Å²) >= 11 is 19.5. The highest BCUT2D eigenvalue weighted by molar-refractivity contribution is 6.33. The molecule has 9 heterocycles. The Morgan fingerprint density at radius 3 is 0.933 bits per heavy atom. The van der Waals surface area contributed by atoms with Crippen LogP contribution in [-0.4, -0.2) is 196 Å². The highest BCUT2D eigenvalue weighted by Crippen LogP contribution is 2.42. The van der Waals surface area contributed by atoms with E-state index in [9.17, 15) is 44.1 Å². The lowest BCUT2D eigenvalue weighted by Gasteiger charge is -2.23. The molecule has 3 saturated heterocycles. The Balaban J connectivity index is 0.000000156. The van der Waals surface area contributed by atoms with Crippen molar-refractivity contribution in [3.63, 3.8) is 0 Å². The van der Waals surface area contributed by atoms with Crippen molar-refractivity contribution in [1.82, 2.24) is 60.6 Å². The van der Waals surface area contributed by atoms with E-state index < -0.39 is 18.1 Å². The van der Waals surface area contributed by atoms with Gasteiger partial charge in [0, 0.05) is 111 Å². The summed E-state index contributed by atoms with van der Waals surface area (Å²) in [5.41, 5.74) is 10.1. The second-order valence-electron chi connectivity index (χ2n) is 30.7. The number of fused-ring (bicyclic) bond motifs is 3. The van der Waals surface area contributed by atoms with Crippen LogP contribution in [-0.2, 0) is 47.9 Å². The van der Waals surface area contributed by atoms with E-state index in [1.807, 2.05) is 57.2 Å². The summed E-state index contributed by atoms with van der Waals surface area (Å²) in [6.45, 7) is 8.92. The lowest BCUT2D eigenvalue weighted by molar-refractivity contribution is -0.123. The van der Waals surface area contributed by atoms with Gasteiger partial charge in [-0.25, -0.2) is 29.9 Å². The molecule has 6 amide bonds. The van der Waals surface area contributed by atoms with Crippen LogP contribution in [0.1, 0.15) is 177 Å². The molecule has 120 heavy (non-hydrogen) atoms. The number of ether oxygens (including phenoxy) is 6. The smallest absolute Gasteiger partial charge is 0.255 e. The van der Waals surface area contributed by atoms with Crippen molar-refractivity contribution in [2.24, 2.45) is 17.8 Å². The van der Waals surface area contributed by atoms with Crippen LogP contribution in [0.25, 0.3) is 33.8 Å². The molecule has 3 aromatic heterocycles. The Morgan fingerprint density at radius 1 is 0.417 bits per heavy atom. The van der Waals surface area contributed by atoms with Crippen LogP contribution in [0.15, 0.2) is 146 Å². The first-order chi connectivity index (χ1) is 58.1. The summed E-state index contributed by atoms with van der Waals surface area (Å²) in [5, 5.41) is 39.5. The molecule has 3 fully saturated rings. The van der Waals surface area contributed by atoms with E-state index in [2.05, 4.69) is 30.9 Å². The molecular formula is C90H99Cl3N12O15. The summed E-state index contributed by atoms with van der Waals surface area (Å²) in [4.78, 5) is 111. The zero-order chi connectivity index (χ0) is 84.7. The summed E-state index contributed by atoms with van der Waals surface area (Å²) in [7, 11) is 4.67. The number of aliphatic hydroxyl groups is 3. The standard InChI is InChI=1S/3C30H33ClN4O5/c3*1-18-23-7-6-21(29-25(31)15-32-27(34-29)12-19-8-10-40-11-9-19)14-24(23)30(38)35(18)16-28(37)33-26(17-36)20-4-3-5-22(13-20)39-2/h3*3-7,13-15,18-19,26,36H,8-12,16-17H2,1-2H3,(H,33,37)/t18?,26-;18-,26+;18-,26-/m101/s1. The average Bonchev–Trinajstić information content (AvgIpc) is 1.62. The second-order valence-corrected chi connectivity index (χ2v) is 31.9. The lowest BCUT2D eigenvalue weighted by atomic mass is 9.96. The maximum Gasteiger partial charge on any atom is 0.255 e. The predicted molar refractivity (Wildman–Crippen MR) is 450 cm³/mol. The first-order valence-corrected chi connectivity index (χ1v) is 41.5. The minimum atomic E-state index is -0.625. The summed E-state index contributed by atoms with van der Waals surface area (Å²) in [6, 6.07) is 35.5. The number of halogens is 3. The van der Waals surface area contributed by atoms with Gasteiger partial charge in [0.2, 0.25) is 17.7 Å². The fraction of sp³-hybridized carbons (Fsp3) is 0.400. The van der Waals surface area contributed by atoms with Gasteiger partial charge >= 0.3 is 0 Å². The van der Waals surface area contributed by atoms with E-state index in [0.29, 0.717) is 101 Å². The first-order valence-electron chi connectivity index (χ1n) is 40.4. The van der Waals surface area contributed by atoms with E-state index >= 15 is 0 Å². The van der Waals surface area contributed by atoms with Gasteiger partial charge in [-0.05, 0) is 165 Å². The average molecular weight is 1700 g/mol. The number of methoxy groups -OCH3 is 3. The molecule has 0 aliphatic carbocycles. The van der Waals surface area contributed by atoms with Gasteiger partial charge in [0.1, 0.15) is 54.4 Å². The molecular weight excluding hydrogens is 1600 g/mol. The van der Waals surface area contributed by atoms with Gasteiger partial charge in [0.15, 0.2) is 0 Å². The van der Waals surface area contributed by atoms with Crippen molar-refractivity contribution in [3.8, 4) is 51.0 Å². The summed E-state index contributed by atoms with van der Waals surface area (Å²) < 4.78 is 32.1. The second kappa shape index (κ2) is 40.6. The normalized spacial score (nSPS) is 17.9. The predicted octanol–water partition coefficient (Wildman–Crippen LogP) is 12.4. The molecule has 6 atom stereocenters. The highest BCUT2D eigenvalue weighted by Gasteiger charge is 2.40. The van der Waals surface area contributed by atoms with Crippen LogP contribution in [0.2, 0.25) is 15.1 Å². The van der Waals surface area contributed by atoms with E-state index in [0.717, 1.165) is 148 Å². The van der Waals surface area contributed by atoms with Crippen molar-refractivity contribution < 1.29 is 72.5 Å². The maximum absolute atomic E-state index is 13.5. The van der Waals surface area contributed by atoms with Crippen LogP contribution in [0.5, 0.6) is 17.2 Å². The van der Waals surface area contributed by atoms with Crippen LogP contribution < -0.4 is 30.2 Å². The number of nitrogens with one attached hydrogen (secondary N) is 3. The maximum atomic E-state index is 13.5. The van der Waals surface area contributed by atoms with E-state index in [1.165, 1.54) is 14.7 Å². The summed E-state index contributed by atoms with van der Waals surface area (Å²) in [6.07, 6.45) is 13.0. The molecule has 0 radical (unpaired) electrons. The van der Waals surface area contributed by atoms with E-state index in [4.69, 9.17) is 78.2 Å². The number of carbonyl (C=O) groups excluding carboxylic acids is 6. The molecule has 6 aliphatic heterocycles. The van der Waals surface area contributed by atoms with E-state index in [1.54, 1.807) is 131 Å². The fourth-order valence-electron chi connectivity index (χ4n) is 16.1. The lowest BCUT2D eigenvalue weighted by Crippen LogP contribution is -2.41. The molecule has 0 spiro atoms. The molecule has 6 N–H and O–H groups in total. The first kappa shape index (κ1) is 87.2. The quantitative estimate of drug-likeness (QED) is 0.0278. The van der Waals surface area contributed by atoms with Gasteiger partial charge in [0.25, 0.3) is 17.7 Å². The van der Waals surface area contributed by atoms with Crippen molar-refractivity contribution in [1.29, 1.82) is 0 Å². The number of aromatic nitrogens is 6. The molecule has 0 saturated carbocycles. The van der Waals surface area contributed by atoms with Gasteiger partial charge in [-0.3, -0.25) is 28.8 Å². The third-order valence-corrected chi connectivity index (χ3v) is 23.8. The van der Waals surface area contributed by atoms with E-state index in [-0.39, 0.29) is 93.0 Å². The molecule has 27 nitrogen and oxygen atoms in total. The number of carbonyl (C=O) groups is 6. The molecule has 630 valence electrons. The number of amides is 6. The number of hydrogen-bond acceptors (Lipinski definition) is 21. The minimum Gasteiger partial charge on any atom is -0.497 e. The van der Waals surface area contributed by atoms with Gasteiger partial charge in [-0.1, -0.05) is 108 Å². The van der Waals surface area contributed by atoms with Gasteiger partial charge in [0.05, 0.1) is 110 Å². The SMILES string of the molecule is COc1cccc([C@@H](CO)NC(=O)CN2C(=O)c3cc(-c4nc(CC5CCOCC5)ncc4Cl)ccc3C2C)c1.COc1cccc([C@@H](CO)NC(=O)CN2C(=O)c3cc(-c4nc(CC5CCOCC5)ncc4Cl)ccc3[C@@H]2C)c1.COc1cccc([C@@H](CO)NC(=O)CN2C(=O)c3cc(-c4nc(CC5CCOCC5)ncc4Cl)ccc3[C@H]2C)c1. The van der Waals surface area contributed by atoms with Crippen LogP contribution in [0, 0.1) is 17.8 Å². The van der Waals surface area contributed by atoms with Crippen LogP contribution >= 0.6 is 34.8 Å². The molecule has 6 aliphatic rings. The number of nitrogens with zero attached hydrogens (tertiary/aromatic N) is 9. The number of rotatable bonds is 27. The Kier molecular flexibility index (Phi) is 29.5. The summed E-state index contributed by atoms with van der Waals surface area (Å²) in [5.74, 6) is 3.62. The molecule has 0 bridgehead atoms. The van der Waals surface area contributed by atoms with Crippen LogP contribution in [0.3, 0.4) is 0 Å². The Hall–Kier alpha value is -10.6. The molecule has 1 unspecified atom stereocenters. The zero-order valence-electron chi connectivity index (χ0n) is 67.8. The molecule has 6 aromatic carbocycles. The third kappa shape index (κ3) is 20.9. The van der Waals surface area contributed by atoms with Crippen LogP contribution in [0.4, 0.5) is 0 Å². The fourth-order valence-corrected chi connectivity index (χ4v) is 16.7. The highest BCUT2D eigenvalue weighted by atomic mass is 35.5. The van der Waals surface area contributed by atoms with Crippen molar-refractivity contribution in [2.45, 2.75) is 115 Å². The Bertz CT molecular complexity index is 4680. The Labute approximate surface area is 711 Å². The van der Waals surface area contributed by atoms with Crippen molar-refractivity contribution >= 4 is 70.2 Å². The molecule has 15 rings (SSSR count). The van der Waals surface area contributed by atoms with Gasteiger partial charge in [-0.15, -0.1) is 0 Å². The van der Waals surface area contributed by atoms with Crippen molar-refractivity contribution in [2.75, 3.05) is 100 Å². The molecule has 9 aromatic rings. The van der Waals surface area contributed by atoms with Gasteiger partial charge < -0.3 is 74.4 Å². The Morgan fingerprint density at radius 2 is 0.683 bits per heavy atom. The number of hydrogen-bond donors (Lipinski definition) is 6.